The fourth-order valence-corrected chi connectivity index (χ4v) is 2.03. The van der Waals surface area contributed by atoms with Crippen LogP contribution in [0.4, 0.5) is 5.69 Å². The summed E-state index contributed by atoms with van der Waals surface area (Å²) in [5.41, 5.74) is 3.12. The smallest absolute Gasteiger partial charge is 0.143 e. The molecule has 2 aromatic rings. The Morgan fingerprint density at radius 1 is 1.38 bits per heavy atom. The number of ether oxygens (including phenoxy) is 1. The number of benzene rings is 1. The monoisotopic (exact) mass is 329 g/mol. The highest BCUT2D eigenvalue weighted by Crippen LogP contribution is 2.31. The highest BCUT2D eigenvalue weighted by Gasteiger charge is 2.07. The lowest BCUT2D eigenvalue weighted by molar-refractivity contribution is 0.417. The SMILES string of the molecule is COc1cc(-c2ccnn2C)ccc1NI. The molecule has 0 atom stereocenters. The number of anilines is 1. The molecule has 1 aromatic heterocycles. The van der Waals surface area contributed by atoms with E-state index in [0.29, 0.717) is 0 Å². The summed E-state index contributed by atoms with van der Waals surface area (Å²) in [6.07, 6.45) is 1.78. The maximum atomic E-state index is 5.32. The van der Waals surface area contributed by atoms with Gasteiger partial charge in [-0.2, -0.15) is 5.10 Å². The summed E-state index contributed by atoms with van der Waals surface area (Å²) < 4.78 is 10.2. The third-order valence-corrected chi connectivity index (χ3v) is 3.00. The summed E-state index contributed by atoms with van der Waals surface area (Å²) in [7, 11) is 3.59. The van der Waals surface area contributed by atoms with Crippen molar-refractivity contribution in [1.29, 1.82) is 0 Å². The molecule has 1 heterocycles. The van der Waals surface area contributed by atoms with Crippen LogP contribution in [-0.4, -0.2) is 16.9 Å². The van der Waals surface area contributed by atoms with Gasteiger partial charge in [0.05, 0.1) is 41.4 Å². The van der Waals surface area contributed by atoms with Gasteiger partial charge in [0.25, 0.3) is 0 Å². The van der Waals surface area contributed by atoms with E-state index in [1.165, 1.54) is 0 Å². The molecule has 16 heavy (non-hydrogen) atoms. The van der Waals surface area contributed by atoms with Gasteiger partial charge in [-0.05, 0) is 18.2 Å². The topological polar surface area (TPSA) is 39.1 Å². The van der Waals surface area contributed by atoms with Crippen LogP contribution in [0.2, 0.25) is 0 Å². The van der Waals surface area contributed by atoms with Crippen molar-refractivity contribution in [3.05, 3.63) is 30.5 Å². The Kier molecular flexibility index (Phi) is 3.33. The third-order valence-electron chi connectivity index (χ3n) is 2.42. The standard InChI is InChI=1S/C11H12IN3O/c1-15-10(5-6-13-15)8-3-4-9(14-12)11(7-8)16-2/h3-7,14H,1-2H3. The molecule has 0 saturated carbocycles. The highest BCUT2D eigenvalue weighted by atomic mass is 127. The van der Waals surface area contributed by atoms with E-state index in [2.05, 4.69) is 31.5 Å². The second-order valence-corrected chi connectivity index (χ2v) is 3.89. The van der Waals surface area contributed by atoms with Crippen LogP contribution < -0.4 is 8.27 Å². The molecule has 0 radical (unpaired) electrons. The quantitative estimate of drug-likeness (QED) is 0.695. The summed E-state index contributed by atoms with van der Waals surface area (Å²) in [6.45, 7) is 0. The van der Waals surface area contributed by atoms with Gasteiger partial charge in [0.2, 0.25) is 0 Å². The van der Waals surface area contributed by atoms with Crippen molar-refractivity contribution >= 4 is 28.6 Å². The number of rotatable bonds is 3. The molecule has 1 aromatic carbocycles. The van der Waals surface area contributed by atoms with Gasteiger partial charge >= 0.3 is 0 Å². The van der Waals surface area contributed by atoms with Crippen molar-refractivity contribution in [2.24, 2.45) is 7.05 Å². The normalized spacial score (nSPS) is 10.2. The van der Waals surface area contributed by atoms with Gasteiger partial charge < -0.3 is 8.27 Å². The van der Waals surface area contributed by atoms with Gasteiger partial charge in [-0.25, -0.2) is 0 Å². The average molecular weight is 329 g/mol. The van der Waals surface area contributed by atoms with E-state index in [1.54, 1.807) is 13.3 Å². The molecule has 0 fully saturated rings. The van der Waals surface area contributed by atoms with E-state index in [0.717, 1.165) is 22.7 Å². The first kappa shape index (κ1) is 11.3. The molecule has 0 saturated heterocycles. The maximum Gasteiger partial charge on any atom is 0.143 e. The number of aryl methyl sites for hydroxylation is 1. The minimum atomic E-state index is 0.827. The Morgan fingerprint density at radius 3 is 2.75 bits per heavy atom. The zero-order valence-electron chi connectivity index (χ0n) is 9.07. The van der Waals surface area contributed by atoms with Crippen molar-refractivity contribution < 1.29 is 4.74 Å². The summed E-state index contributed by atoms with van der Waals surface area (Å²) >= 11 is 2.09. The molecule has 4 nitrogen and oxygen atoms in total. The Labute approximate surface area is 108 Å². The molecular formula is C11H12IN3O. The molecule has 5 heteroatoms. The maximum absolute atomic E-state index is 5.32. The lowest BCUT2D eigenvalue weighted by atomic mass is 10.1. The van der Waals surface area contributed by atoms with Crippen molar-refractivity contribution in [2.45, 2.75) is 0 Å². The van der Waals surface area contributed by atoms with Gasteiger partial charge in [-0.1, -0.05) is 6.07 Å². The number of nitrogens with zero attached hydrogens (tertiary/aromatic N) is 2. The summed E-state index contributed by atoms with van der Waals surface area (Å²) in [5, 5.41) is 4.15. The third kappa shape index (κ3) is 1.99. The molecule has 2 rings (SSSR count). The largest absolute Gasteiger partial charge is 0.495 e. The van der Waals surface area contributed by atoms with Gasteiger partial charge in [0.15, 0.2) is 0 Å². The average Bonchev–Trinajstić information content (AvgIpc) is 2.74. The predicted molar refractivity (Wildman–Crippen MR) is 72.8 cm³/mol. The number of hydrogen-bond acceptors (Lipinski definition) is 3. The van der Waals surface area contributed by atoms with E-state index in [-0.39, 0.29) is 0 Å². The molecule has 1 N–H and O–H groups in total. The molecule has 0 aliphatic carbocycles. The minimum absolute atomic E-state index is 0.827. The number of aromatic nitrogens is 2. The van der Waals surface area contributed by atoms with E-state index in [9.17, 15) is 0 Å². The molecular weight excluding hydrogens is 317 g/mol. The Balaban J connectivity index is 2.48. The predicted octanol–water partition coefficient (Wildman–Crippen LogP) is 2.86. The highest BCUT2D eigenvalue weighted by molar-refractivity contribution is 14.1. The molecule has 0 bridgehead atoms. The molecule has 0 aliphatic rings. The molecule has 0 aliphatic heterocycles. The lowest BCUT2D eigenvalue weighted by Gasteiger charge is -2.09. The molecule has 0 spiro atoms. The second kappa shape index (κ2) is 4.73. The van der Waals surface area contributed by atoms with E-state index in [1.807, 2.05) is 36.0 Å². The Bertz CT molecular complexity index is 496. The van der Waals surface area contributed by atoms with Crippen LogP contribution in [-0.2, 0) is 7.05 Å². The first-order valence-corrected chi connectivity index (χ1v) is 5.87. The van der Waals surface area contributed by atoms with Crippen LogP contribution in [0.3, 0.4) is 0 Å². The Hall–Kier alpha value is -1.24. The van der Waals surface area contributed by atoms with Crippen LogP contribution in [0.5, 0.6) is 5.75 Å². The number of nitrogens with one attached hydrogen (secondary N) is 1. The van der Waals surface area contributed by atoms with Crippen LogP contribution in [0.25, 0.3) is 11.3 Å². The van der Waals surface area contributed by atoms with Crippen molar-refractivity contribution in [3.8, 4) is 17.0 Å². The summed E-state index contributed by atoms with van der Waals surface area (Å²) in [4.78, 5) is 0. The molecule has 84 valence electrons. The van der Waals surface area contributed by atoms with Crippen LogP contribution in [0.15, 0.2) is 30.5 Å². The second-order valence-electron chi connectivity index (χ2n) is 3.35. The van der Waals surface area contributed by atoms with Gasteiger partial charge in [-0.15, -0.1) is 0 Å². The fraction of sp³-hybridized carbons (Fsp3) is 0.182. The first-order valence-electron chi connectivity index (χ1n) is 4.79. The van der Waals surface area contributed by atoms with Crippen molar-refractivity contribution in [2.75, 3.05) is 10.6 Å². The van der Waals surface area contributed by atoms with Crippen LogP contribution in [0, 0.1) is 0 Å². The summed E-state index contributed by atoms with van der Waals surface area (Å²) in [6, 6.07) is 8.01. The number of methoxy groups -OCH3 is 1. The number of halogens is 1. The van der Waals surface area contributed by atoms with E-state index in [4.69, 9.17) is 4.74 Å². The van der Waals surface area contributed by atoms with E-state index < -0.39 is 0 Å². The van der Waals surface area contributed by atoms with Crippen molar-refractivity contribution in [1.82, 2.24) is 9.78 Å². The number of hydrogen-bond donors (Lipinski definition) is 1. The van der Waals surface area contributed by atoms with Gasteiger partial charge in [0, 0.05) is 18.8 Å². The van der Waals surface area contributed by atoms with Crippen molar-refractivity contribution in [3.63, 3.8) is 0 Å². The Morgan fingerprint density at radius 2 is 2.19 bits per heavy atom. The summed E-state index contributed by atoms with van der Waals surface area (Å²) in [5.74, 6) is 0.827. The molecule has 0 amide bonds. The zero-order valence-corrected chi connectivity index (χ0v) is 11.2. The van der Waals surface area contributed by atoms with Gasteiger partial charge in [0.1, 0.15) is 5.75 Å². The minimum Gasteiger partial charge on any atom is -0.495 e. The zero-order chi connectivity index (χ0) is 11.5. The van der Waals surface area contributed by atoms with Crippen LogP contribution in [0.1, 0.15) is 0 Å². The lowest BCUT2D eigenvalue weighted by Crippen LogP contribution is -1.95. The molecule has 0 unspecified atom stereocenters. The van der Waals surface area contributed by atoms with E-state index >= 15 is 0 Å². The first-order chi connectivity index (χ1) is 7.76. The fourth-order valence-electron chi connectivity index (χ4n) is 1.59. The van der Waals surface area contributed by atoms with Crippen LogP contribution >= 0.6 is 22.9 Å². The van der Waals surface area contributed by atoms with Gasteiger partial charge in [-0.3, -0.25) is 4.68 Å².